The number of aromatic nitrogens is 8. The van der Waals surface area contributed by atoms with Crippen molar-refractivity contribution in [2.24, 2.45) is 0 Å². The van der Waals surface area contributed by atoms with Gasteiger partial charge >= 0.3 is 6.61 Å². The highest BCUT2D eigenvalue weighted by atomic mass is 19.3. The minimum atomic E-state index is -2.82. The summed E-state index contributed by atoms with van der Waals surface area (Å²) in [5.41, 5.74) is 2.46. The number of nitriles is 1. The number of anilines is 2. The van der Waals surface area contributed by atoms with Gasteiger partial charge in [0.25, 0.3) is 5.88 Å². The Morgan fingerprint density at radius 3 is 2.55 bits per heavy atom. The van der Waals surface area contributed by atoms with Crippen LogP contribution in [0.15, 0.2) is 43.1 Å². The molecule has 15 nitrogen and oxygen atoms in total. The van der Waals surface area contributed by atoms with Crippen molar-refractivity contribution in [1.82, 2.24) is 44.9 Å². The number of hydrogen-bond acceptors (Lipinski definition) is 13. The third-order valence-electron chi connectivity index (χ3n) is 8.57. The van der Waals surface area contributed by atoms with Crippen LogP contribution in [0.2, 0.25) is 0 Å². The van der Waals surface area contributed by atoms with E-state index in [1.165, 1.54) is 6.33 Å². The van der Waals surface area contributed by atoms with Gasteiger partial charge in [-0.3, -0.25) is 9.58 Å². The van der Waals surface area contributed by atoms with Gasteiger partial charge in [0.05, 0.1) is 50.8 Å². The Balaban J connectivity index is 1.13. The van der Waals surface area contributed by atoms with E-state index >= 15 is 0 Å². The summed E-state index contributed by atoms with van der Waals surface area (Å²) in [6.07, 6.45) is 10.8. The molecule has 0 amide bonds. The van der Waals surface area contributed by atoms with Gasteiger partial charge in [0.15, 0.2) is 0 Å². The van der Waals surface area contributed by atoms with Gasteiger partial charge in [-0.15, -0.1) is 10.2 Å². The van der Waals surface area contributed by atoms with Crippen molar-refractivity contribution >= 4 is 11.6 Å². The SMILES string of the molecule is CC(Cn1cnnn1)Oc1cc(-c2cnc(Nc3cn(C4CCC(N5CCOCC5)CC4)nc3OCCCOC(F)F)nc2)ccc1C#N. The molecule has 1 atom stereocenters. The molecular weight excluding hydrogens is 640 g/mol. The summed E-state index contributed by atoms with van der Waals surface area (Å²) in [5, 5.41) is 28.7. The van der Waals surface area contributed by atoms with E-state index in [1.54, 1.807) is 29.2 Å². The number of nitrogens with zero attached hydrogens (tertiary/aromatic N) is 10. The lowest BCUT2D eigenvalue weighted by atomic mass is 9.90. The molecule has 2 aliphatic rings. The molecule has 1 saturated carbocycles. The number of halogens is 2. The lowest BCUT2D eigenvalue weighted by molar-refractivity contribution is -0.130. The van der Waals surface area contributed by atoms with Gasteiger partial charge in [0.1, 0.15) is 29.9 Å². The minimum Gasteiger partial charge on any atom is -0.487 e. The maximum absolute atomic E-state index is 12.4. The third-order valence-corrected chi connectivity index (χ3v) is 8.57. The lowest BCUT2D eigenvalue weighted by Gasteiger charge is -2.38. The molecule has 0 bridgehead atoms. The zero-order valence-corrected chi connectivity index (χ0v) is 27.2. The number of rotatable bonds is 15. The fraction of sp³-hybridized carbons (Fsp3) is 0.531. The molecule has 4 heterocycles. The first kappa shape index (κ1) is 34.1. The van der Waals surface area contributed by atoms with Gasteiger partial charge in [-0.25, -0.2) is 14.6 Å². The molecule has 2 fully saturated rings. The first-order valence-corrected chi connectivity index (χ1v) is 16.4. The van der Waals surface area contributed by atoms with Crippen LogP contribution >= 0.6 is 0 Å². The van der Waals surface area contributed by atoms with Crippen molar-refractivity contribution in [3.05, 3.63) is 48.7 Å². The summed E-state index contributed by atoms with van der Waals surface area (Å²) in [6, 6.07) is 8.20. The fourth-order valence-corrected chi connectivity index (χ4v) is 6.12. The van der Waals surface area contributed by atoms with Crippen molar-refractivity contribution in [2.75, 3.05) is 44.8 Å². The summed E-state index contributed by atoms with van der Waals surface area (Å²) in [7, 11) is 0. The largest absolute Gasteiger partial charge is 0.487 e. The molecule has 17 heteroatoms. The van der Waals surface area contributed by atoms with Crippen LogP contribution in [0, 0.1) is 11.3 Å². The second-order valence-corrected chi connectivity index (χ2v) is 12.0. The quantitative estimate of drug-likeness (QED) is 0.178. The average Bonchev–Trinajstić information content (AvgIpc) is 3.78. The third kappa shape index (κ3) is 9.22. The van der Waals surface area contributed by atoms with Gasteiger partial charge in [-0.2, -0.15) is 14.0 Å². The highest BCUT2D eigenvalue weighted by molar-refractivity contribution is 5.67. The van der Waals surface area contributed by atoms with Gasteiger partial charge in [-0.1, -0.05) is 6.07 Å². The summed E-state index contributed by atoms with van der Waals surface area (Å²) < 4.78 is 50.2. The van der Waals surface area contributed by atoms with Crippen LogP contribution in [-0.2, 0) is 16.0 Å². The number of nitrogens with one attached hydrogen (secondary N) is 1. The van der Waals surface area contributed by atoms with E-state index in [0.717, 1.165) is 63.1 Å². The average molecular weight is 680 g/mol. The van der Waals surface area contributed by atoms with Crippen LogP contribution in [0.5, 0.6) is 11.6 Å². The Hall–Kier alpha value is -4.79. The maximum atomic E-state index is 12.4. The zero-order valence-electron chi connectivity index (χ0n) is 27.2. The van der Waals surface area contributed by atoms with Crippen molar-refractivity contribution in [3.8, 4) is 28.8 Å². The fourth-order valence-electron chi connectivity index (χ4n) is 6.12. The van der Waals surface area contributed by atoms with E-state index in [1.807, 2.05) is 23.9 Å². The molecule has 260 valence electrons. The summed E-state index contributed by atoms with van der Waals surface area (Å²) in [5.74, 6) is 1.09. The van der Waals surface area contributed by atoms with Crippen molar-refractivity contribution < 1.29 is 27.7 Å². The van der Waals surface area contributed by atoms with E-state index in [4.69, 9.17) is 19.3 Å². The molecular formula is C32H39F2N11O4. The van der Waals surface area contributed by atoms with Gasteiger partial charge in [0, 0.05) is 43.5 Å². The van der Waals surface area contributed by atoms with Crippen LogP contribution in [-0.4, -0.2) is 103 Å². The monoisotopic (exact) mass is 679 g/mol. The molecule has 1 aromatic carbocycles. The Labute approximate surface area is 282 Å². The van der Waals surface area contributed by atoms with Crippen LogP contribution in [0.3, 0.4) is 0 Å². The normalized spacial score (nSPS) is 19.0. The van der Waals surface area contributed by atoms with Crippen LogP contribution < -0.4 is 14.8 Å². The molecule has 1 saturated heterocycles. The summed E-state index contributed by atoms with van der Waals surface area (Å²) in [6.45, 7) is 2.99. The molecule has 3 aromatic heterocycles. The number of morpholine rings is 1. The van der Waals surface area contributed by atoms with Gasteiger partial charge < -0.3 is 24.3 Å². The second-order valence-electron chi connectivity index (χ2n) is 12.0. The molecule has 6 rings (SSSR count). The minimum absolute atomic E-state index is 0.127. The summed E-state index contributed by atoms with van der Waals surface area (Å²) >= 11 is 0. The Morgan fingerprint density at radius 1 is 1.06 bits per heavy atom. The van der Waals surface area contributed by atoms with Crippen molar-refractivity contribution in [3.63, 3.8) is 0 Å². The molecule has 1 aliphatic carbocycles. The number of ether oxygens (including phenoxy) is 4. The molecule has 0 radical (unpaired) electrons. The van der Waals surface area contributed by atoms with E-state index in [9.17, 15) is 14.0 Å². The Kier molecular flexibility index (Phi) is 11.5. The standard InChI is InChI=1S/C32H39F2N11O4/c1-22(19-44-21-38-41-42-44)49-29-15-23(3-4-24(29)16-35)25-17-36-32(37-18-25)39-28-20-45(40-30(28)47-11-2-12-48-31(33)34)27-7-5-26(6-8-27)43-9-13-46-14-10-43/h3-4,15,17-18,20-22,26-27,31H,2,5-14,19H2,1H3,(H,36,37,39). The summed E-state index contributed by atoms with van der Waals surface area (Å²) in [4.78, 5) is 11.6. The Bertz CT molecular complexity index is 1650. The topological polar surface area (TPSA) is 163 Å². The van der Waals surface area contributed by atoms with E-state index in [0.29, 0.717) is 41.4 Å². The van der Waals surface area contributed by atoms with E-state index in [2.05, 4.69) is 46.5 Å². The first-order valence-electron chi connectivity index (χ1n) is 16.4. The van der Waals surface area contributed by atoms with Crippen LogP contribution in [0.25, 0.3) is 11.1 Å². The molecule has 49 heavy (non-hydrogen) atoms. The van der Waals surface area contributed by atoms with Crippen molar-refractivity contribution in [2.45, 2.75) is 70.4 Å². The molecule has 1 unspecified atom stereocenters. The smallest absolute Gasteiger partial charge is 0.345 e. The number of tetrazole rings is 1. The number of alkyl halides is 2. The van der Waals surface area contributed by atoms with Crippen molar-refractivity contribution in [1.29, 1.82) is 5.26 Å². The van der Waals surface area contributed by atoms with E-state index in [-0.39, 0.29) is 31.8 Å². The van der Waals surface area contributed by atoms with Gasteiger partial charge in [0.2, 0.25) is 5.95 Å². The maximum Gasteiger partial charge on any atom is 0.345 e. The molecule has 1 N–H and O–H groups in total. The molecule has 4 aromatic rings. The van der Waals surface area contributed by atoms with Crippen LogP contribution in [0.4, 0.5) is 20.4 Å². The zero-order chi connectivity index (χ0) is 34.0. The van der Waals surface area contributed by atoms with Gasteiger partial charge in [-0.05, 0) is 60.7 Å². The highest BCUT2D eigenvalue weighted by Gasteiger charge is 2.29. The first-order chi connectivity index (χ1) is 23.9. The molecule has 1 aliphatic heterocycles. The Morgan fingerprint density at radius 2 is 1.84 bits per heavy atom. The second kappa shape index (κ2) is 16.5. The van der Waals surface area contributed by atoms with E-state index < -0.39 is 6.61 Å². The predicted molar refractivity (Wildman–Crippen MR) is 171 cm³/mol. The molecule has 0 spiro atoms. The number of hydrogen-bond donors (Lipinski definition) is 1. The predicted octanol–water partition coefficient (Wildman–Crippen LogP) is 4.23. The van der Waals surface area contributed by atoms with Crippen LogP contribution in [0.1, 0.15) is 50.6 Å². The number of benzene rings is 1. The lowest BCUT2D eigenvalue weighted by Crippen LogP contribution is -2.45. The highest BCUT2D eigenvalue weighted by Crippen LogP contribution is 2.35.